The standard InChI is InChI=1S/C15H13F3O2S/c1-2-21-14-5-3-10(4-6-14)11-7-12(19)9-13(8-11)20-15(16,17)18/h3-9,19H,2H2,1H3. The van der Waals surface area contributed by atoms with Crippen LogP contribution in [0.1, 0.15) is 6.92 Å². The Morgan fingerprint density at radius 1 is 1.05 bits per heavy atom. The summed E-state index contributed by atoms with van der Waals surface area (Å²) in [6.45, 7) is 2.04. The zero-order valence-corrected chi connectivity index (χ0v) is 12.0. The number of benzene rings is 2. The quantitative estimate of drug-likeness (QED) is 0.799. The summed E-state index contributed by atoms with van der Waals surface area (Å²) in [4.78, 5) is 1.08. The molecule has 0 fully saturated rings. The second kappa shape index (κ2) is 6.30. The van der Waals surface area contributed by atoms with Crippen molar-refractivity contribution in [2.45, 2.75) is 18.2 Å². The topological polar surface area (TPSA) is 29.5 Å². The second-order valence-electron chi connectivity index (χ2n) is 4.22. The molecule has 0 heterocycles. The summed E-state index contributed by atoms with van der Waals surface area (Å²) >= 11 is 1.67. The van der Waals surface area contributed by atoms with E-state index in [-0.39, 0.29) is 5.75 Å². The predicted molar refractivity (Wildman–Crippen MR) is 76.6 cm³/mol. The number of hydrogen-bond donors (Lipinski definition) is 1. The van der Waals surface area contributed by atoms with Crippen molar-refractivity contribution in [1.82, 2.24) is 0 Å². The first-order valence-corrected chi connectivity index (χ1v) is 7.19. The Morgan fingerprint density at radius 3 is 2.29 bits per heavy atom. The van der Waals surface area contributed by atoms with Gasteiger partial charge in [0.1, 0.15) is 11.5 Å². The predicted octanol–water partition coefficient (Wildman–Crippen LogP) is 5.07. The maximum atomic E-state index is 12.2. The molecule has 0 atom stereocenters. The molecule has 2 nitrogen and oxygen atoms in total. The third-order valence-electron chi connectivity index (χ3n) is 2.62. The number of aromatic hydroxyl groups is 1. The van der Waals surface area contributed by atoms with Crippen LogP contribution in [0.4, 0.5) is 13.2 Å². The number of rotatable bonds is 4. The minimum Gasteiger partial charge on any atom is -0.508 e. The Bertz CT molecular complexity index is 609. The van der Waals surface area contributed by atoms with Crippen molar-refractivity contribution in [1.29, 1.82) is 0 Å². The van der Waals surface area contributed by atoms with Gasteiger partial charge in [0.2, 0.25) is 0 Å². The molecular formula is C15H13F3O2S. The highest BCUT2D eigenvalue weighted by atomic mass is 32.2. The van der Waals surface area contributed by atoms with E-state index in [4.69, 9.17) is 0 Å². The van der Waals surface area contributed by atoms with Gasteiger partial charge >= 0.3 is 6.36 Å². The van der Waals surface area contributed by atoms with Gasteiger partial charge < -0.3 is 9.84 Å². The molecule has 2 aromatic carbocycles. The van der Waals surface area contributed by atoms with Gasteiger partial charge in [-0.15, -0.1) is 24.9 Å². The summed E-state index contributed by atoms with van der Waals surface area (Å²) in [5.74, 6) is 0.220. The fourth-order valence-corrected chi connectivity index (χ4v) is 2.51. The van der Waals surface area contributed by atoms with E-state index in [1.54, 1.807) is 23.9 Å². The molecule has 21 heavy (non-hydrogen) atoms. The molecule has 0 radical (unpaired) electrons. The van der Waals surface area contributed by atoms with Crippen molar-refractivity contribution in [3.05, 3.63) is 42.5 Å². The highest BCUT2D eigenvalue weighted by Gasteiger charge is 2.31. The van der Waals surface area contributed by atoms with E-state index in [1.165, 1.54) is 12.1 Å². The minimum absolute atomic E-state index is 0.279. The van der Waals surface area contributed by atoms with Gasteiger partial charge in [0.25, 0.3) is 0 Å². The first-order chi connectivity index (χ1) is 9.87. The minimum atomic E-state index is -4.79. The number of thioether (sulfide) groups is 1. The van der Waals surface area contributed by atoms with Crippen LogP contribution in [0.25, 0.3) is 11.1 Å². The monoisotopic (exact) mass is 314 g/mol. The van der Waals surface area contributed by atoms with E-state index in [9.17, 15) is 18.3 Å². The molecule has 0 aliphatic heterocycles. The van der Waals surface area contributed by atoms with Crippen molar-refractivity contribution in [2.24, 2.45) is 0 Å². The Morgan fingerprint density at radius 2 is 1.71 bits per heavy atom. The van der Waals surface area contributed by atoms with Gasteiger partial charge in [0.15, 0.2) is 0 Å². The zero-order valence-electron chi connectivity index (χ0n) is 11.1. The smallest absolute Gasteiger partial charge is 0.508 e. The maximum absolute atomic E-state index is 12.2. The largest absolute Gasteiger partial charge is 0.573 e. The van der Waals surface area contributed by atoms with Gasteiger partial charge in [-0.1, -0.05) is 19.1 Å². The average molecular weight is 314 g/mol. The van der Waals surface area contributed by atoms with Crippen molar-refractivity contribution in [2.75, 3.05) is 5.75 Å². The van der Waals surface area contributed by atoms with Crippen molar-refractivity contribution >= 4 is 11.8 Å². The molecule has 1 N–H and O–H groups in total. The van der Waals surface area contributed by atoms with E-state index < -0.39 is 12.1 Å². The van der Waals surface area contributed by atoms with Crippen LogP contribution in [0.2, 0.25) is 0 Å². The van der Waals surface area contributed by atoms with Crippen LogP contribution in [0.3, 0.4) is 0 Å². The van der Waals surface area contributed by atoms with Gasteiger partial charge in [-0.25, -0.2) is 0 Å². The van der Waals surface area contributed by atoms with E-state index >= 15 is 0 Å². The Balaban J connectivity index is 2.30. The molecule has 0 saturated heterocycles. The molecule has 112 valence electrons. The molecule has 2 aromatic rings. The van der Waals surface area contributed by atoms with Crippen molar-refractivity contribution in [3.8, 4) is 22.6 Å². The maximum Gasteiger partial charge on any atom is 0.573 e. The van der Waals surface area contributed by atoms with Gasteiger partial charge in [0, 0.05) is 11.0 Å². The molecule has 0 aliphatic carbocycles. The van der Waals surface area contributed by atoms with Gasteiger partial charge in [0.05, 0.1) is 0 Å². The van der Waals surface area contributed by atoms with Gasteiger partial charge in [-0.05, 0) is 41.1 Å². The lowest BCUT2D eigenvalue weighted by Gasteiger charge is -2.11. The van der Waals surface area contributed by atoms with Gasteiger partial charge in [-0.3, -0.25) is 0 Å². The summed E-state index contributed by atoms with van der Waals surface area (Å²) in [6.07, 6.45) is -4.79. The molecule has 6 heteroatoms. The molecule has 0 aliphatic rings. The highest BCUT2D eigenvalue weighted by Crippen LogP contribution is 2.33. The van der Waals surface area contributed by atoms with E-state index in [0.717, 1.165) is 16.7 Å². The number of hydrogen-bond acceptors (Lipinski definition) is 3. The van der Waals surface area contributed by atoms with Crippen molar-refractivity contribution in [3.63, 3.8) is 0 Å². The van der Waals surface area contributed by atoms with Crippen LogP contribution in [-0.4, -0.2) is 17.2 Å². The Labute approximate surface area is 124 Å². The van der Waals surface area contributed by atoms with Crippen LogP contribution in [0, 0.1) is 0 Å². The highest BCUT2D eigenvalue weighted by molar-refractivity contribution is 7.99. The average Bonchev–Trinajstić information content (AvgIpc) is 2.37. The SMILES string of the molecule is CCSc1ccc(-c2cc(O)cc(OC(F)(F)F)c2)cc1. The first-order valence-electron chi connectivity index (χ1n) is 6.20. The molecule has 0 unspecified atom stereocenters. The van der Waals surface area contributed by atoms with Crippen LogP contribution >= 0.6 is 11.8 Å². The Kier molecular flexibility index (Phi) is 4.67. The number of phenolic OH excluding ortho intramolecular Hbond substituents is 1. The summed E-state index contributed by atoms with van der Waals surface area (Å²) in [6, 6.07) is 10.9. The fourth-order valence-electron chi connectivity index (χ4n) is 1.85. The summed E-state index contributed by atoms with van der Waals surface area (Å²) in [5.41, 5.74) is 1.17. The molecule has 0 spiro atoms. The van der Waals surface area contributed by atoms with Crippen LogP contribution in [0.15, 0.2) is 47.4 Å². The van der Waals surface area contributed by atoms with E-state index in [1.807, 2.05) is 19.1 Å². The molecule has 0 aromatic heterocycles. The number of alkyl halides is 3. The fraction of sp³-hybridized carbons (Fsp3) is 0.200. The number of halogens is 3. The second-order valence-corrected chi connectivity index (χ2v) is 5.56. The van der Waals surface area contributed by atoms with Crippen LogP contribution < -0.4 is 4.74 Å². The summed E-state index contributed by atoms with van der Waals surface area (Å²) in [7, 11) is 0. The zero-order chi connectivity index (χ0) is 15.5. The third-order valence-corrected chi connectivity index (χ3v) is 3.52. The Hall–Kier alpha value is -1.82. The van der Waals surface area contributed by atoms with Crippen molar-refractivity contribution < 1.29 is 23.0 Å². The van der Waals surface area contributed by atoms with Crippen LogP contribution in [0.5, 0.6) is 11.5 Å². The first kappa shape index (κ1) is 15.6. The lowest BCUT2D eigenvalue weighted by molar-refractivity contribution is -0.274. The molecule has 0 bridgehead atoms. The third kappa shape index (κ3) is 4.60. The lowest BCUT2D eigenvalue weighted by Crippen LogP contribution is -2.17. The molecule has 2 rings (SSSR count). The molecule has 0 saturated carbocycles. The number of phenols is 1. The summed E-state index contributed by atoms with van der Waals surface area (Å²) in [5, 5.41) is 9.54. The summed E-state index contributed by atoms with van der Waals surface area (Å²) < 4.78 is 40.6. The normalized spacial score (nSPS) is 11.4. The van der Waals surface area contributed by atoms with E-state index in [2.05, 4.69) is 4.74 Å². The lowest BCUT2D eigenvalue weighted by atomic mass is 10.1. The van der Waals surface area contributed by atoms with E-state index in [0.29, 0.717) is 11.1 Å². The molecule has 0 amide bonds. The van der Waals surface area contributed by atoms with Gasteiger partial charge in [-0.2, -0.15) is 0 Å². The number of ether oxygens (including phenoxy) is 1. The van der Waals surface area contributed by atoms with Crippen LogP contribution in [-0.2, 0) is 0 Å². The molecular weight excluding hydrogens is 301 g/mol.